The maximum absolute atomic E-state index is 12.6. The highest BCUT2D eigenvalue weighted by Gasteiger charge is 2.16. The summed E-state index contributed by atoms with van der Waals surface area (Å²) >= 11 is 0. The quantitative estimate of drug-likeness (QED) is 0.833. The van der Waals surface area contributed by atoms with Crippen LogP contribution in [-0.4, -0.2) is 28.9 Å². The van der Waals surface area contributed by atoms with Crippen LogP contribution in [0.5, 0.6) is 0 Å². The lowest BCUT2D eigenvalue weighted by molar-refractivity contribution is -0.130. The van der Waals surface area contributed by atoms with Crippen LogP contribution in [0.3, 0.4) is 0 Å². The van der Waals surface area contributed by atoms with Gasteiger partial charge in [0.15, 0.2) is 0 Å². The zero-order valence-electron chi connectivity index (χ0n) is 15.6. The summed E-state index contributed by atoms with van der Waals surface area (Å²) in [5.41, 5.74) is 3.27. The van der Waals surface area contributed by atoms with E-state index in [2.05, 4.69) is 17.1 Å². The molecule has 1 aromatic carbocycles. The van der Waals surface area contributed by atoms with Crippen LogP contribution in [0.1, 0.15) is 41.3 Å². The summed E-state index contributed by atoms with van der Waals surface area (Å²) in [4.78, 5) is 29.0. The van der Waals surface area contributed by atoms with E-state index >= 15 is 0 Å². The van der Waals surface area contributed by atoms with Crippen molar-refractivity contribution in [3.8, 4) is 6.07 Å². The fourth-order valence-corrected chi connectivity index (χ4v) is 3.18. The van der Waals surface area contributed by atoms with Crippen molar-refractivity contribution < 1.29 is 4.79 Å². The van der Waals surface area contributed by atoms with Crippen molar-refractivity contribution in [3.05, 3.63) is 68.6 Å². The molecule has 0 aliphatic rings. The fourth-order valence-electron chi connectivity index (χ4n) is 3.18. The summed E-state index contributed by atoms with van der Waals surface area (Å²) in [5, 5.41) is 9.15. The number of H-pyrrole nitrogens is 1. The summed E-state index contributed by atoms with van der Waals surface area (Å²) in [6.45, 7) is 6.91. The van der Waals surface area contributed by atoms with Gasteiger partial charge in [-0.1, -0.05) is 30.3 Å². The van der Waals surface area contributed by atoms with Gasteiger partial charge in [0.1, 0.15) is 11.6 Å². The van der Waals surface area contributed by atoms with E-state index in [1.54, 1.807) is 6.92 Å². The van der Waals surface area contributed by atoms with Crippen molar-refractivity contribution in [2.45, 2.75) is 40.0 Å². The number of nitrogens with zero attached hydrogens (tertiary/aromatic N) is 2. The highest BCUT2D eigenvalue weighted by molar-refractivity contribution is 5.76. The third-order valence-corrected chi connectivity index (χ3v) is 4.76. The molecule has 0 bridgehead atoms. The van der Waals surface area contributed by atoms with Crippen molar-refractivity contribution in [3.63, 3.8) is 0 Å². The number of amides is 1. The highest BCUT2D eigenvalue weighted by Crippen LogP contribution is 2.15. The molecule has 0 aliphatic heterocycles. The van der Waals surface area contributed by atoms with Gasteiger partial charge in [0.2, 0.25) is 5.91 Å². The normalized spacial score (nSPS) is 10.4. The molecule has 1 heterocycles. The molecule has 0 saturated heterocycles. The number of pyridine rings is 1. The van der Waals surface area contributed by atoms with E-state index in [4.69, 9.17) is 5.26 Å². The minimum absolute atomic E-state index is 0.0898. The van der Waals surface area contributed by atoms with Crippen molar-refractivity contribution in [2.24, 2.45) is 0 Å². The van der Waals surface area contributed by atoms with E-state index in [0.717, 1.165) is 17.7 Å². The molecule has 26 heavy (non-hydrogen) atoms. The Morgan fingerprint density at radius 1 is 1.19 bits per heavy atom. The van der Waals surface area contributed by atoms with Gasteiger partial charge in [-0.05, 0) is 50.3 Å². The second-order valence-corrected chi connectivity index (χ2v) is 6.38. The molecule has 1 amide bonds. The Labute approximate surface area is 154 Å². The number of hydrogen-bond donors (Lipinski definition) is 1. The molecule has 136 valence electrons. The largest absolute Gasteiger partial charge is 0.343 e. The Morgan fingerprint density at radius 2 is 1.88 bits per heavy atom. The van der Waals surface area contributed by atoms with Gasteiger partial charge in [0.25, 0.3) is 5.56 Å². The van der Waals surface area contributed by atoms with Crippen molar-refractivity contribution in [2.75, 3.05) is 13.1 Å². The van der Waals surface area contributed by atoms with Crippen LogP contribution in [0.15, 0.2) is 35.1 Å². The van der Waals surface area contributed by atoms with Gasteiger partial charge < -0.3 is 9.88 Å². The lowest BCUT2D eigenvalue weighted by atomic mass is 9.99. The van der Waals surface area contributed by atoms with Gasteiger partial charge in [0, 0.05) is 25.2 Å². The van der Waals surface area contributed by atoms with Crippen LogP contribution in [0, 0.1) is 25.2 Å². The number of benzene rings is 1. The Hall–Kier alpha value is -2.87. The van der Waals surface area contributed by atoms with Crippen molar-refractivity contribution in [1.29, 1.82) is 5.26 Å². The predicted octanol–water partition coefficient (Wildman–Crippen LogP) is 2.89. The molecule has 0 spiro atoms. The lowest BCUT2D eigenvalue weighted by Crippen LogP contribution is -2.33. The number of rotatable bonds is 7. The Bertz CT molecular complexity index is 863. The molecule has 0 radical (unpaired) electrons. The van der Waals surface area contributed by atoms with Crippen LogP contribution >= 0.6 is 0 Å². The van der Waals surface area contributed by atoms with Gasteiger partial charge in [-0.15, -0.1) is 0 Å². The number of nitrogens with one attached hydrogen (secondary N) is 1. The maximum Gasteiger partial charge on any atom is 0.266 e. The number of carbonyl (C=O) groups excluding carboxylic acids is 1. The lowest BCUT2D eigenvalue weighted by Gasteiger charge is -2.21. The maximum atomic E-state index is 12.6. The van der Waals surface area contributed by atoms with E-state index in [1.165, 1.54) is 5.56 Å². The molecule has 0 aliphatic carbocycles. The zero-order valence-corrected chi connectivity index (χ0v) is 15.6. The number of nitriles is 1. The molecular weight excluding hydrogens is 326 g/mol. The van der Waals surface area contributed by atoms with Crippen LogP contribution in [0.2, 0.25) is 0 Å². The van der Waals surface area contributed by atoms with E-state index < -0.39 is 0 Å². The molecule has 5 nitrogen and oxygen atoms in total. The van der Waals surface area contributed by atoms with Gasteiger partial charge in [-0.3, -0.25) is 9.59 Å². The Morgan fingerprint density at radius 3 is 2.50 bits per heavy atom. The average Bonchev–Trinajstić information content (AvgIpc) is 2.63. The van der Waals surface area contributed by atoms with Crippen LogP contribution < -0.4 is 5.56 Å². The molecule has 1 aromatic heterocycles. The minimum Gasteiger partial charge on any atom is -0.343 e. The Balaban J connectivity index is 2.03. The Kier molecular flexibility index (Phi) is 6.74. The zero-order chi connectivity index (χ0) is 19.1. The van der Waals surface area contributed by atoms with E-state index in [9.17, 15) is 9.59 Å². The molecule has 1 N–H and O–H groups in total. The van der Waals surface area contributed by atoms with Crippen LogP contribution in [-0.2, 0) is 17.6 Å². The second-order valence-electron chi connectivity index (χ2n) is 6.38. The molecule has 0 atom stereocenters. The fraction of sp³-hybridized carbons (Fsp3) is 0.381. The number of likely N-dealkylation sites (N-methyl/N-ethyl adjacent to an activating group) is 1. The van der Waals surface area contributed by atoms with Gasteiger partial charge in [-0.2, -0.15) is 5.26 Å². The predicted molar refractivity (Wildman–Crippen MR) is 102 cm³/mol. The van der Waals surface area contributed by atoms with E-state index in [0.29, 0.717) is 31.5 Å². The first-order valence-corrected chi connectivity index (χ1v) is 8.92. The van der Waals surface area contributed by atoms with Gasteiger partial charge >= 0.3 is 0 Å². The molecule has 0 fully saturated rings. The number of aromatic amines is 1. The third-order valence-electron chi connectivity index (χ3n) is 4.76. The average molecular weight is 351 g/mol. The number of hydrogen-bond acceptors (Lipinski definition) is 3. The van der Waals surface area contributed by atoms with Crippen LogP contribution in [0.4, 0.5) is 0 Å². The van der Waals surface area contributed by atoms with Crippen molar-refractivity contribution in [1.82, 2.24) is 9.88 Å². The topological polar surface area (TPSA) is 77.0 Å². The molecule has 5 heteroatoms. The summed E-state index contributed by atoms with van der Waals surface area (Å²) < 4.78 is 0. The summed E-state index contributed by atoms with van der Waals surface area (Å²) in [5.74, 6) is 0.0898. The van der Waals surface area contributed by atoms with Crippen LogP contribution in [0.25, 0.3) is 0 Å². The van der Waals surface area contributed by atoms with E-state index in [-0.39, 0.29) is 17.0 Å². The summed E-state index contributed by atoms with van der Waals surface area (Å²) in [7, 11) is 0. The molecule has 0 unspecified atom stereocenters. The number of aryl methyl sites for hydroxylation is 1. The first kappa shape index (κ1) is 19.5. The number of aromatic nitrogens is 1. The molecule has 2 rings (SSSR count). The van der Waals surface area contributed by atoms with Gasteiger partial charge in [0.05, 0.1) is 0 Å². The smallest absolute Gasteiger partial charge is 0.266 e. The number of carbonyl (C=O) groups is 1. The minimum atomic E-state index is -0.365. The highest BCUT2D eigenvalue weighted by atomic mass is 16.2. The van der Waals surface area contributed by atoms with Gasteiger partial charge in [-0.25, -0.2) is 0 Å². The standard InChI is InChI=1S/C21H25N3O2/c1-4-24(13-12-17-8-6-5-7-9-17)20(25)11-10-18-15(2)19(14-22)21(26)23-16(18)3/h5-9H,4,10-13H2,1-3H3,(H,23,26). The SMILES string of the molecule is CCN(CCc1ccccc1)C(=O)CCc1c(C)[nH]c(=O)c(C#N)c1C. The summed E-state index contributed by atoms with van der Waals surface area (Å²) in [6.07, 6.45) is 1.71. The molecule has 0 saturated carbocycles. The van der Waals surface area contributed by atoms with E-state index in [1.807, 2.05) is 43.0 Å². The molecular formula is C21H25N3O2. The monoisotopic (exact) mass is 351 g/mol. The first-order valence-electron chi connectivity index (χ1n) is 8.92. The second kappa shape index (κ2) is 9.00. The van der Waals surface area contributed by atoms with Crippen molar-refractivity contribution >= 4 is 5.91 Å². The molecule has 2 aromatic rings. The summed E-state index contributed by atoms with van der Waals surface area (Å²) in [6, 6.07) is 12.1. The third kappa shape index (κ3) is 4.60. The first-order chi connectivity index (χ1) is 12.5.